The Hall–Kier alpha value is -2.14. The van der Waals surface area contributed by atoms with E-state index in [2.05, 4.69) is 25.0 Å². The predicted molar refractivity (Wildman–Crippen MR) is 53.8 cm³/mol. The molecule has 0 aliphatic rings. The van der Waals surface area contributed by atoms with Gasteiger partial charge in [-0.3, -0.25) is 4.99 Å². The first-order valence-electron chi connectivity index (χ1n) is 3.87. The van der Waals surface area contributed by atoms with Crippen LogP contribution in [-0.4, -0.2) is 16.2 Å². The minimum Gasteiger partial charge on any atom is -0.382 e. The number of rotatable bonds is 2. The largest absolute Gasteiger partial charge is 0.382 e. The third-order valence-electron chi connectivity index (χ3n) is 1.47. The SMILES string of the molecule is CC=Nc1c(C)nc(N=[N+]=[N-])nc1N. The van der Waals surface area contributed by atoms with Crippen molar-refractivity contribution in [1.82, 2.24) is 9.97 Å². The summed E-state index contributed by atoms with van der Waals surface area (Å²) in [7, 11) is 0. The van der Waals surface area contributed by atoms with Gasteiger partial charge >= 0.3 is 0 Å². The standard InChI is InChI=1S/C7H9N7/c1-3-10-5-4(2)11-7(13-14-9)12-6(5)8/h3H,1-2H3,(H2,8,11,12). The van der Waals surface area contributed by atoms with Gasteiger partial charge in [0.05, 0.1) is 5.69 Å². The third kappa shape index (κ3) is 1.96. The second kappa shape index (κ2) is 4.20. The predicted octanol–water partition coefficient (Wildman–Crippen LogP) is 2.03. The van der Waals surface area contributed by atoms with Gasteiger partial charge in [-0.15, -0.1) is 0 Å². The highest BCUT2D eigenvalue weighted by atomic mass is 15.2. The van der Waals surface area contributed by atoms with Gasteiger partial charge in [-0.25, -0.2) is 9.97 Å². The summed E-state index contributed by atoms with van der Waals surface area (Å²) in [6, 6.07) is 0. The van der Waals surface area contributed by atoms with Crippen molar-refractivity contribution in [3.63, 3.8) is 0 Å². The topological polar surface area (TPSA) is 113 Å². The first-order chi connectivity index (χ1) is 6.69. The maximum absolute atomic E-state index is 8.18. The lowest BCUT2D eigenvalue weighted by Gasteiger charge is -2.02. The van der Waals surface area contributed by atoms with E-state index in [-0.39, 0.29) is 11.8 Å². The van der Waals surface area contributed by atoms with E-state index in [0.717, 1.165) is 0 Å². The Balaban J connectivity index is 3.31. The maximum atomic E-state index is 8.18. The zero-order valence-corrected chi connectivity index (χ0v) is 7.84. The fraction of sp³-hybridized carbons (Fsp3) is 0.286. The molecule has 72 valence electrons. The monoisotopic (exact) mass is 191 g/mol. The van der Waals surface area contributed by atoms with Crippen molar-refractivity contribution in [3.05, 3.63) is 16.1 Å². The summed E-state index contributed by atoms with van der Waals surface area (Å²) in [4.78, 5) is 14.3. The number of hydrogen-bond donors (Lipinski definition) is 1. The van der Waals surface area contributed by atoms with E-state index in [1.54, 1.807) is 20.1 Å². The third-order valence-corrected chi connectivity index (χ3v) is 1.47. The molecule has 0 saturated carbocycles. The van der Waals surface area contributed by atoms with E-state index < -0.39 is 0 Å². The number of nitrogen functional groups attached to an aromatic ring is 1. The summed E-state index contributed by atoms with van der Waals surface area (Å²) in [5, 5.41) is 3.26. The van der Waals surface area contributed by atoms with E-state index in [0.29, 0.717) is 11.4 Å². The number of hydrogen-bond acceptors (Lipinski definition) is 5. The van der Waals surface area contributed by atoms with Crippen molar-refractivity contribution in [1.29, 1.82) is 0 Å². The molecule has 0 bridgehead atoms. The normalized spacial score (nSPS) is 10.1. The molecule has 0 spiro atoms. The Labute approximate surface area is 80.3 Å². The van der Waals surface area contributed by atoms with Crippen LogP contribution in [0.5, 0.6) is 0 Å². The van der Waals surface area contributed by atoms with Gasteiger partial charge in [-0.2, -0.15) is 0 Å². The van der Waals surface area contributed by atoms with Crippen molar-refractivity contribution in [2.24, 2.45) is 10.1 Å². The van der Waals surface area contributed by atoms with Crippen LogP contribution in [0.1, 0.15) is 12.6 Å². The van der Waals surface area contributed by atoms with Crippen molar-refractivity contribution >= 4 is 23.7 Å². The summed E-state index contributed by atoms with van der Waals surface area (Å²) in [6.45, 7) is 3.48. The van der Waals surface area contributed by atoms with Gasteiger partial charge in [0.25, 0.3) is 0 Å². The van der Waals surface area contributed by atoms with Crippen LogP contribution >= 0.6 is 0 Å². The average Bonchev–Trinajstić information content (AvgIpc) is 2.12. The molecule has 1 rings (SSSR count). The van der Waals surface area contributed by atoms with Crippen molar-refractivity contribution in [2.45, 2.75) is 13.8 Å². The molecule has 1 aromatic heterocycles. The van der Waals surface area contributed by atoms with Crippen molar-refractivity contribution in [2.75, 3.05) is 5.73 Å². The first-order valence-corrected chi connectivity index (χ1v) is 3.87. The summed E-state index contributed by atoms with van der Waals surface area (Å²) in [5.41, 5.74) is 14.9. The second-order valence-corrected chi connectivity index (χ2v) is 2.42. The van der Waals surface area contributed by atoms with Gasteiger partial charge in [-0.05, 0) is 24.5 Å². The van der Waals surface area contributed by atoms with Crippen LogP contribution in [0.3, 0.4) is 0 Å². The Bertz CT molecular complexity index is 393. The Morgan fingerprint density at radius 3 is 2.71 bits per heavy atom. The van der Waals surface area contributed by atoms with Crippen LogP contribution in [0.2, 0.25) is 0 Å². The summed E-state index contributed by atoms with van der Waals surface area (Å²) >= 11 is 0. The molecular weight excluding hydrogens is 182 g/mol. The first kappa shape index (κ1) is 9.94. The molecule has 7 heteroatoms. The lowest BCUT2D eigenvalue weighted by Crippen LogP contribution is -1.95. The number of nitrogens with zero attached hydrogens (tertiary/aromatic N) is 6. The quantitative estimate of drug-likeness (QED) is 0.334. The van der Waals surface area contributed by atoms with Gasteiger partial charge in [0, 0.05) is 11.1 Å². The fourth-order valence-electron chi connectivity index (χ4n) is 0.947. The molecule has 0 aliphatic heterocycles. The number of aromatic nitrogens is 2. The smallest absolute Gasteiger partial charge is 0.218 e. The highest BCUT2D eigenvalue weighted by Gasteiger charge is 2.05. The van der Waals surface area contributed by atoms with Crippen molar-refractivity contribution < 1.29 is 0 Å². The van der Waals surface area contributed by atoms with Gasteiger partial charge < -0.3 is 5.73 Å². The molecule has 0 aliphatic carbocycles. The molecule has 1 heterocycles. The van der Waals surface area contributed by atoms with Crippen LogP contribution < -0.4 is 5.73 Å². The molecule has 0 aromatic carbocycles. The van der Waals surface area contributed by atoms with E-state index in [1.807, 2.05) is 0 Å². The summed E-state index contributed by atoms with van der Waals surface area (Å²) in [5.74, 6) is 0.218. The lowest BCUT2D eigenvalue weighted by molar-refractivity contribution is 1.08. The second-order valence-electron chi connectivity index (χ2n) is 2.42. The summed E-state index contributed by atoms with van der Waals surface area (Å²) < 4.78 is 0. The fourth-order valence-corrected chi connectivity index (χ4v) is 0.947. The van der Waals surface area contributed by atoms with Gasteiger partial charge in [-0.1, -0.05) is 0 Å². The van der Waals surface area contributed by atoms with Crippen LogP contribution in [-0.2, 0) is 0 Å². The van der Waals surface area contributed by atoms with Crippen LogP contribution in [0.15, 0.2) is 10.1 Å². The minimum atomic E-state index is 0.0116. The Kier molecular flexibility index (Phi) is 2.98. The number of aryl methyl sites for hydroxylation is 1. The number of anilines is 1. The average molecular weight is 191 g/mol. The number of azide groups is 1. The molecule has 0 saturated heterocycles. The summed E-state index contributed by atoms with van der Waals surface area (Å²) in [6.07, 6.45) is 1.59. The maximum Gasteiger partial charge on any atom is 0.218 e. The van der Waals surface area contributed by atoms with E-state index in [1.165, 1.54) is 0 Å². The van der Waals surface area contributed by atoms with Gasteiger partial charge in [0.15, 0.2) is 5.82 Å². The zero-order chi connectivity index (χ0) is 10.6. The molecule has 7 nitrogen and oxygen atoms in total. The molecule has 0 atom stereocenters. The van der Waals surface area contributed by atoms with E-state index >= 15 is 0 Å². The lowest BCUT2D eigenvalue weighted by atomic mass is 10.3. The zero-order valence-electron chi connectivity index (χ0n) is 7.84. The van der Waals surface area contributed by atoms with Gasteiger partial charge in [0.2, 0.25) is 5.95 Å². The number of aliphatic imine (C=N–C) groups is 1. The van der Waals surface area contributed by atoms with Crippen LogP contribution in [0.25, 0.3) is 10.4 Å². The number of nitrogens with two attached hydrogens (primary N) is 1. The molecule has 1 aromatic rings. The van der Waals surface area contributed by atoms with E-state index in [9.17, 15) is 0 Å². The highest BCUT2D eigenvalue weighted by Crippen LogP contribution is 2.24. The molecule has 0 fully saturated rings. The molecule has 14 heavy (non-hydrogen) atoms. The molecular formula is C7H9N7. The Morgan fingerprint density at radius 1 is 1.50 bits per heavy atom. The molecule has 0 amide bonds. The van der Waals surface area contributed by atoms with Crippen molar-refractivity contribution in [3.8, 4) is 0 Å². The van der Waals surface area contributed by atoms with Gasteiger partial charge in [0.1, 0.15) is 5.69 Å². The minimum absolute atomic E-state index is 0.0116. The highest BCUT2D eigenvalue weighted by molar-refractivity contribution is 5.69. The molecule has 0 radical (unpaired) electrons. The molecule has 2 N–H and O–H groups in total. The van der Waals surface area contributed by atoms with Crippen LogP contribution in [0, 0.1) is 6.92 Å². The van der Waals surface area contributed by atoms with E-state index in [4.69, 9.17) is 11.3 Å². The molecule has 0 unspecified atom stereocenters. The van der Waals surface area contributed by atoms with Crippen LogP contribution in [0.4, 0.5) is 17.5 Å². The Morgan fingerprint density at radius 2 is 2.21 bits per heavy atom.